The van der Waals surface area contributed by atoms with Crippen molar-refractivity contribution in [3.8, 4) is 5.69 Å². The van der Waals surface area contributed by atoms with Crippen LogP contribution in [-0.2, 0) is 0 Å². The van der Waals surface area contributed by atoms with Gasteiger partial charge in [0.2, 0.25) is 0 Å². The molecule has 1 aliphatic heterocycles. The first kappa shape index (κ1) is 18.2. The Morgan fingerprint density at radius 2 is 2.03 bits per heavy atom. The van der Waals surface area contributed by atoms with Crippen LogP contribution in [0.25, 0.3) is 11.3 Å². The summed E-state index contributed by atoms with van der Waals surface area (Å²) in [5, 5.41) is 8.43. The Kier molecular flexibility index (Phi) is 4.19. The van der Waals surface area contributed by atoms with Gasteiger partial charge in [0.1, 0.15) is 23.1 Å². The van der Waals surface area contributed by atoms with E-state index in [0.29, 0.717) is 35.7 Å². The summed E-state index contributed by atoms with van der Waals surface area (Å²) in [5.74, 6) is -0.861. The van der Waals surface area contributed by atoms with Gasteiger partial charge in [-0.3, -0.25) is 4.79 Å². The van der Waals surface area contributed by atoms with E-state index >= 15 is 0 Å². The van der Waals surface area contributed by atoms with E-state index in [0.717, 1.165) is 18.6 Å². The first-order valence-corrected chi connectivity index (χ1v) is 9.42. The zero-order valence-corrected chi connectivity index (χ0v) is 15.7. The maximum Gasteiger partial charge on any atom is 0.251 e. The molecule has 4 heterocycles. The topological polar surface area (TPSA) is 94.3 Å². The van der Waals surface area contributed by atoms with Gasteiger partial charge in [-0.2, -0.15) is 10.2 Å². The number of amides is 1. The average Bonchev–Trinajstić information content (AvgIpc) is 3.47. The molecular formula is C20H17F2N7O. The van der Waals surface area contributed by atoms with Crippen molar-refractivity contribution >= 4 is 17.4 Å². The van der Waals surface area contributed by atoms with E-state index in [2.05, 4.69) is 10.2 Å². The number of halogens is 2. The number of aromatic nitrogens is 5. The lowest BCUT2D eigenvalue weighted by Crippen LogP contribution is -2.24. The van der Waals surface area contributed by atoms with Gasteiger partial charge in [-0.05, 0) is 37.1 Å². The van der Waals surface area contributed by atoms with Crippen molar-refractivity contribution in [3.05, 3.63) is 71.8 Å². The lowest BCUT2D eigenvalue weighted by Gasteiger charge is -2.26. The van der Waals surface area contributed by atoms with E-state index in [-0.39, 0.29) is 11.6 Å². The number of carbonyl (C=O) groups excluding carboxylic acids is 1. The molecule has 4 aromatic rings. The van der Waals surface area contributed by atoms with Crippen LogP contribution < -0.4 is 10.6 Å². The summed E-state index contributed by atoms with van der Waals surface area (Å²) in [4.78, 5) is 18.0. The predicted molar refractivity (Wildman–Crippen MR) is 104 cm³/mol. The van der Waals surface area contributed by atoms with Gasteiger partial charge in [0, 0.05) is 24.5 Å². The Hall–Kier alpha value is -3.82. The molecule has 0 bridgehead atoms. The van der Waals surface area contributed by atoms with Gasteiger partial charge in [-0.25, -0.2) is 23.0 Å². The third-order valence-corrected chi connectivity index (χ3v) is 5.31. The van der Waals surface area contributed by atoms with Gasteiger partial charge in [0.05, 0.1) is 24.0 Å². The number of rotatable bonds is 4. The molecule has 5 rings (SSSR count). The average molecular weight is 409 g/mol. The zero-order valence-electron chi connectivity index (χ0n) is 15.7. The van der Waals surface area contributed by atoms with Gasteiger partial charge in [-0.1, -0.05) is 0 Å². The van der Waals surface area contributed by atoms with Crippen LogP contribution in [0.1, 0.15) is 34.8 Å². The standard InChI is InChI=1S/C20H17F2N7O/c21-13-3-4-15(22)14(8-13)16-2-1-6-27(16)18-5-7-28-20(26-18)17(10-25-28)29-11-12(9-24-29)19(23)30/h3-5,7-11,16H,1-2,6H2,(H2,23,30). The van der Waals surface area contributed by atoms with Crippen molar-refractivity contribution < 1.29 is 13.6 Å². The molecule has 1 aromatic carbocycles. The number of nitrogens with zero attached hydrogens (tertiary/aromatic N) is 6. The number of anilines is 1. The van der Waals surface area contributed by atoms with Gasteiger partial charge >= 0.3 is 0 Å². The minimum absolute atomic E-state index is 0.270. The molecule has 0 spiro atoms. The Morgan fingerprint density at radius 3 is 2.83 bits per heavy atom. The highest BCUT2D eigenvalue weighted by Crippen LogP contribution is 2.37. The number of nitrogens with two attached hydrogens (primary N) is 1. The zero-order chi connectivity index (χ0) is 20.8. The summed E-state index contributed by atoms with van der Waals surface area (Å²) in [6, 6.07) is 4.99. The monoisotopic (exact) mass is 409 g/mol. The number of carbonyl (C=O) groups is 1. The van der Waals surface area contributed by atoms with Gasteiger partial charge in [0.25, 0.3) is 5.91 Å². The highest BCUT2D eigenvalue weighted by Gasteiger charge is 2.30. The summed E-state index contributed by atoms with van der Waals surface area (Å²) in [6.07, 6.45) is 7.74. The van der Waals surface area contributed by atoms with Gasteiger partial charge in [-0.15, -0.1) is 0 Å². The molecule has 1 aliphatic rings. The van der Waals surface area contributed by atoms with E-state index in [4.69, 9.17) is 10.7 Å². The van der Waals surface area contributed by atoms with Crippen molar-refractivity contribution in [1.82, 2.24) is 24.4 Å². The minimum atomic E-state index is -0.580. The lowest BCUT2D eigenvalue weighted by molar-refractivity contribution is 0.100. The molecule has 1 fully saturated rings. The number of hydrogen-bond donors (Lipinski definition) is 1. The van der Waals surface area contributed by atoms with Gasteiger partial charge in [0.15, 0.2) is 5.65 Å². The summed E-state index contributed by atoms with van der Waals surface area (Å²) in [5.41, 5.74) is 6.97. The number of benzene rings is 1. The molecule has 10 heteroatoms. The fourth-order valence-corrected chi connectivity index (χ4v) is 3.88. The van der Waals surface area contributed by atoms with Crippen LogP contribution in [0.4, 0.5) is 14.6 Å². The van der Waals surface area contributed by atoms with E-state index in [1.165, 1.54) is 23.1 Å². The fraction of sp³-hybridized carbons (Fsp3) is 0.200. The van der Waals surface area contributed by atoms with Crippen molar-refractivity contribution in [2.45, 2.75) is 18.9 Å². The molecule has 3 aromatic heterocycles. The van der Waals surface area contributed by atoms with Crippen LogP contribution >= 0.6 is 0 Å². The van der Waals surface area contributed by atoms with Crippen molar-refractivity contribution in [2.75, 3.05) is 11.4 Å². The first-order chi connectivity index (χ1) is 14.5. The Labute approximate surface area is 169 Å². The highest BCUT2D eigenvalue weighted by molar-refractivity contribution is 5.92. The van der Waals surface area contributed by atoms with Crippen LogP contribution in [0, 0.1) is 11.6 Å². The van der Waals surface area contributed by atoms with E-state index in [1.807, 2.05) is 4.90 Å². The molecule has 152 valence electrons. The Morgan fingerprint density at radius 1 is 1.17 bits per heavy atom. The number of fused-ring (bicyclic) bond motifs is 1. The molecule has 30 heavy (non-hydrogen) atoms. The van der Waals surface area contributed by atoms with Crippen LogP contribution in [-0.4, -0.2) is 36.8 Å². The molecule has 0 radical (unpaired) electrons. The second-order valence-corrected chi connectivity index (χ2v) is 7.14. The summed E-state index contributed by atoms with van der Waals surface area (Å²) >= 11 is 0. The second-order valence-electron chi connectivity index (χ2n) is 7.14. The number of primary amides is 1. The SMILES string of the molecule is NC(=O)c1cnn(-c2cnn3ccc(N4CCCC4c4cc(F)ccc4F)nc23)c1. The van der Waals surface area contributed by atoms with Crippen LogP contribution in [0.15, 0.2) is 49.1 Å². The molecule has 1 saturated heterocycles. The summed E-state index contributed by atoms with van der Waals surface area (Å²) in [7, 11) is 0. The quantitative estimate of drug-likeness (QED) is 0.559. The lowest BCUT2D eigenvalue weighted by atomic mass is 10.0. The maximum atomic E-state index is 14.4. The molecular weight excluding hydrogens is 392 g/mol. The predicted octanol–water partition coefficient (Wildman–Crippen LogP) is 2.63. The molecule has 1 unspecified atom stereocenters. The Bertz CT molecular complexity index is 1270. The molecule has 2 N–H and O–H groups in total. The van der Waals surface area contributed by atoms with E-state index in [1.54, 1.807) is 23.0 Å². The molecule has 0 saturated carbocycles. The van der Waals surface area contributed by atoms with Crippen LogP contribution in [0.5, 0.6) is 0 Å². The van der Waals surface area contributed by atoms with E-state index in [9.17, 15) is 13.6 Å². The molecule has 1 atom stereocenters. The minimum Gasteiger partial charge on any atom is -0.366 e. The highest BCUT2D eigenvalue weighted by atomic mass is 19.1. The smallest absolute Gasteiger partial charge is 0.251 e. The molecule has 1 amide bonds. The second kappa shape index (κ2) is 6.90. The first-order valence-electron chi connectivity index (χ1n) is 9.42. The third-order valence-electron chi connectivity index (χ3n) is 5.31. The fourth-order valence-electron chi connectivity index (χ4n) is 3.88. The maximum absolute atomic E-state index is 14.4. The van der Waals surface area contributed by atoms with Crippen LogP contribution in [0.2, 0.25) is 0 Å². The molecule has 0 aliphatic carbocycles. The number of hydrogen-bond acceptors (Lipinski definition) is 5. The Balaban J connectivity index is 1.56. The van der Waals surface area contributed by atoms with Crippen molar-refractivity contribution in [2.24, 2.45) is 5.73 Å². The largest absolute Gasteiger partial charge is 0.366 e. The van der Waals surface area contributed by atoms with Crippen LogP contribution in [0.3, 0.4) is 0 Å². The normalized spacial score (nSPS) is 16.5. The third kappa shape index (κ3) is 2.97. The summed E-state index contributed by atoms with van der Waals surface area (Å²) < 4.78 is 31.2. The van der Waals surface area contributed by atoms with E-state index < -0.39 is 17.5 Å². The molecule has 8 nitrogen and oxygen atoms in total. The van der Waals surface area contributed by atoms with Gasteiger partial charge < -0.3 is 10.6 Å². The van der Waals surface area contributed by atoms with Crippen molar-refractivity contribution in [1.29, 1.82) is 0 Å². The van der Waals surface area contributed by atoms with Crippen molar-refractivity contribution in [3.63, 3.8) is 0 Å². The summed E-state index contributed by atoms with van der Waals surface area (Å²) in [6.45, 7) is 0.668.